The first-order valence-electron chi connectivity index (χ1n) is 10.8. The Bertz CT molecular complexity index is 1070. The molecule has 4 nitrogen and oxygen atoms in total. The third-order valence-electron chi connectivity index (χ3n) is 5.89. The first kappa shape index (κ1) is 23.1. The van der Waals surface area contributed by atoms with Crippen molar-refractivity contribution in [1.82, 2.24) is 5.32 Å². The summed E-state index contributed by atoms with van der Waals surface area (Å²) in [4.78, 5) is 27.6. The summed E-state index contributed by atoms with van der Waals surface area (Å²) in [5, 5.41) is 6.05. The lowest BCUT2D eigenvalue weighted by molar-refractivity contribution is -0.138. The molecular formula is C25H26ClNO3S2. The zero-order valence-corrected chi connectivity index (χ0v) is 20.5. The van der Waals surface area contributed by atoms with Crippen molar-refractivity contribution in [2.75, 3.05) is 18.1 Å². The molecular weight excluding hydrogens is 462 g/mol. The van der Waals surface area contributed by atoms with Gasteiger partial charge in [-0.3, -0.25) is 4.79 Å². The van der Waals surface area contributed by atoms with Gasteiger partial charge in [-0.25, -0.2) is 4.79 Å². The molecule has 2 aromatic rings. The van der Waals surface area contributed by atoms with Crippen LogP contribution in [0.2, 0.25) is 5.02 Å². The topological polar surface area (TPSA) is 55.4 Å². The molecule has 0 amide bonds. The van der Waals surface area contributed by atoms with Gasteiger partial charge < -0.3 is 10.1 Å². The van der Waals surface area contributed by atoms with Gasteiger partial charge in [0.1, 0.15) is 6.61 Å². The fourth-order valence-corrected chi connectivity index (χ4v) is 6.11. The maximum atomic E-state index is 13.5. The average molecular weight is 488 g/mol. The highest BCUT2D eigenvalue weighted by atomic mass is 35.5. The largest absolute Gasteiger partial charge is 0.461 e. The number of ketones is 1. The number of benzene rings is 1. The lowest BCUT2D eigenvalue weighted by atomic mass is 9.73. The number of esters is 1. The quantitative estimate of drug-likeness (QED) is 0.380. The minimum absolute atomic E-state index is 0.0128. The van der Waals surface area contributed by atoms with Gasteiger partial charge >= 0.3 is 5.97 Å². The van der Waals surface area contributed by atoms with Crippen molar-refractivity contribution in [1.29, 1.82) is 0 Å². The summed E-state index contributed by atoms with van der Waals surface area (Å²) in [5.74, 6) is 1.07. The van der Waals surface area contributed by atoms with Gasteiger partial charge in [-0.05, 0) is 48.1 Å². The van der Waals surface area contributed by atoms with Crippen LogP contribution in [0, 0.1) is 0 Å². The monoisotopic (exact) mass is 487 g/mol. The van der Waals surface area contributed by atoms with E-state index < -0.39 is 5.92 Å². The van der Waals surface area contributed by atoms with Gasteiger partial charge in [0.15, 0.2) is 5.78 Å². The number of thiophene rings is 1. The highest BCUT2D eigenvalue weighted by Gasteiger charge is 2.42. The second kappa shape index (κ2) is 10.3. The van der Waals surface area contributed by atoms with Crippen LogP contribution in [0.25, 0.3) is 0 Å². The summed E-state index contributed by atoms with van der Waals surface area (Å²) < 4.78 is 5.60. The highest BCUT2D eigenvalue weighted by Crippen LogP contribution is 2.47. The number of hydrogen-bond donors (Lipinski definition) is 1. The van der Waals surface area contributed by atoms with E-state index in [1.807, 2.05) is 48.7 Å². The number of hydrogen-bond acceptors (Lipinski definition) is 6. The maximum absolute atomic E-state index is 13.5. The van der Waals surface area contributed by atoms with Crippen molar-refractivity contribution in [2.45, 2.75) is 38.5 Å². The molecule has 1 aromatic heterocycles. The minimum atomic E-state index is -0.391. The van der Waals surface area contributed by atoms with Crippen molar-refractivity contribution < 1.29 is 14.3 Å². The summed E-state index contributed by atoms with van der Waals surface area (Å²) in [6.45, 7) is 4.33. The van der Waals surface area contributed by atoms with E-state index in [1.165, 1.54) is 0 Å². The van der Waals surface area contributed by atoms with E-state index in [0.717, 1.165) is 33.3 Å². The normalized spacial score (nSPS) is 20.8. The SMILES string of the molecule is CCSCCOC(=O)C1=C(C)NC2=C(C(=O)C[C@H](c3ccccc3Cl)C2)[C@@H]1c1cccs1. The van der Waals surface area contributed by atoms with Crippen molar-refractivity contribution >= 4 is 46.5 Å². The fourth-order valence-electron chi connectivity index (χ4n) is 4.49. The number of ether oxygens (including phenoxy) is 1. The van der Waals surface area contributed by atoms with Crippen LogP contribution < -0.4 is 5.32 Å². The van der Waals surface area contributed by atoms with Gasteiger partial charge in [-0.1, -0.05) is 42.8 Å². The molecule has 0 fully saturated rings. The number of dihydropyridines is 1. The molecule has 0 saturated carbocycles. The van der Waals surface area contributed by atoms with Crippen LogP contribution in [0.1, 0.15) is 49.0 Å². The molecule has 32 heavy (non-hydrogen) atoms. The third kappa shape index (κ3) is 4.68. The standard InChI is InChI=1S/C25H26ClNO3S2/c1-3-31-12-10-30-25(29)22-15(2)27-19-13-16(17-7-4-5-8-18(17)26)14-20(28)23(19)24(22)21-9-6-11-32-21/h4-9,11,16,24,27H,3,10,12-14H2,1-2H3/t16-,24-/m1/s1. The van der Waals surface area contributed by atoms with E-state index >= 15 is 0 Å². The smallest absolute Gasteiger partial charge is 0.336 e. The van der Waals surface area contributed by atoms with Crippen molar-refractivity contribution in [3.05, 3.63) is 79.8 Å². The highest BCUT2D eigenvalue weighted by molar-refractivity contribution is 7.99. The fraction of sp³-hybridized carbons (Fsp3) is 0.360. The number of carbonyl (C=O) groups is 2. The number of carbonyl (C=O) groups excluding carboxylic acids is 2. The summed E-state index contributed by atoms with van der Waals surface area (Å²) in [6, 6.07) is 11.7. The van der Waals surface area contributed by atoms with Gasteiger partial charge in [-0.2, -0.15) is 11.8 Å². The Kier molecular flexibility index (Phi) is 7.44. The predicted molar refractivity (Wildman–Crippen MR) is 132 cm³/mol. The molecule has 2 atom stereocenters. The number of Topliss-reactive ketones (excluding diaryl/α,β-unsaturated/α-hetero) is 1. The molecule has 0 unspecified atom stereocenters. The van der Waals surface area contributed by atoms with Crippen LogP contribution >= 0.6 is 34.7 Å². The van der Waals surface area contributed by atoms with Crippen LogP contribution in [-0.2, 0) is 14.3 Å². The molecule has 4 rings (SSSR count). The first-order chi connectivity index (χ1) is 15.5. The Balaban J connectivity index is 1.68. The minimum Gasteiger partial charge on any atom is -0.461 e. The van der Waals surface area contributed by atoms with E-state index in [1.54, 1.807) is 23.1 Å². The Hall–Kier alpha value is -2.02. The third-order valence-corrected chi connectivity index (χ3v) is 8.03. The predicted octanol–water partition coefficient (Wildman–Crippen LogP) is 6.06. The molecule has 0 spiro atoms. The van der Waals surface area contributed by atoms with Gasteiger partial charge in [0.2, 0.25) is 0 Å². The van der Waals surface area contributed by atoms with E-state index in [0.29, 0.717) is 35.6 Å². The Morgan fingerprint density at radius 1 is 1.25 bits per heavy atom. The van der Waals surface area contributed by atoms with Crippen LogP contribution in [-0.4, -0.2) is 29.9 Å². The van der Waals surface area contributed by atoms with E-state index in [4.69, 9.17) is 16.3 Å². The van der Waals surface area contributed by atoms with Gasteiger partial charge in [0, 0.05) is 39.0 Å². The molecule has 1 aliphatic heterocycles. The van der Waals surface area contributed by atoms with Crippen molar-refractivity contribution in [3.8, 4) is 0 Å². The summed E-state index contributed by atoms with van der Waals surface area (Å²) in [7, 11) is 0. The molecule has 168 valence electrons. The number of thioether (sulfide) groups is 1. The van der Waals surface area contributed by atoms with Gasteiger partial charge in [0.05, 0.1) is 11.5 Å². The molecule has 0 radical (unpaired) electrons. The lowest BCUT2D eigenvalue weighted by Gasteiger charge is -2.36. The summed E-state index contributed by atoms with van der Waals surface area (Å²) in [6.07, 6.45) is 1.06. The molecule has 1 aromatic carbocycles. The molecule has 1 N–H and O–H groups in total. The van der Waals surface area contributed by atoms with Crippen LogP contribution in [0.15, 0.2) is 64.3 Å². The number of rotatable bonds is 7. The number of nitrogens with one attached hydrogen (secondary N) is 1. The molecule has 1 aliphatic carbocycles. The summed E-state index contributed by atoms with van der Waals surface area (Å²) >= 11 is 9.73. The lowest BCUT2D eigenvalue weighted by Crippen LogP contribution is -2.36. The first-order valence-corrected chi connectivity index (χ1v) is 13.2. The van der Waals surface area contributed by atoms with Crippen molar-refractivity contribution in [3.63, 3.8) is 0 Å². The Labute approximate surface area is 202 Å². The second-order valence-corrected chi connectivity index (χ2v) is 10.7. The van der Waals surface area contributed by atoms with Crippen molar-refractivity contribution in [2.24, 2.45) is 0 Å². The van der Waals surface area contributed by atoms with Gasteiger partial charge in [-0.15, -0.1) is 11.3 Å². The number of allylic oxidation sites excluding steroid dienone is 3. The molecule has 0 bridgehead atoms. The summed E-state index contributed by atoms with van der Waals surface area (Å²) in [5.41, 5.74) is 3.86. The van der Waals surface area contributed by atoms with Crippen LogP contribution in [0.3, 0.4) is 0 Å². The zero-order chi connectivity index (χ0) is 22.7. The number of halogens is 1. The van der Waals surface area contributed by atoms with E-state index in [2.05, 4.69) is 12.2 Å². The molecule has 0 saturated heterocycles. The Morgan fingerprint density at radius 3 is 2.78 bits per heavy atom. The second-order valence-electron chi connectivity index (χ2n) is 7.89. The Morgan fingerprint density at radius 2 is 2.06 bits per heavy atom. The zero-order valence-electron chi connectivity index (χ0n) is 18.2. The van der Waals surface area contributed by atoms with E-state index in [-0.39, 0.29) is 17.7 Å². The van der Waals surface area contributed by atoms with Crippen LogP contribution in [0.4, 0.5) is 0 Å². The molecule has 2 aliphatic rings. The average Bonchev–Trinajstić information content (AvgIpc) is 3.30. The molecule has 2 heterocycles. The molecule has 7 heteroatoms. The van der Waals surface area contributed by atoms with Gasteiger partial charge in [0.25, 0.3) is 0 Å². The maximum Gasteiger partial charge on any atom is 0.336 e. The van der Waals surface area contributed by atoms with Crippen LogP contribution in [0.5, 0.6) is 0 Å². The van der Waals surface area contributed by atoms with E-state index in [9.17, 15) is 9.59 Å².